The average molecular weight is 384 g/mol. The number of nitrogens with zero attached hydrogens (tertiary/aromatic N) is 4. The molecule has 146 valence electrons. The Morgan fingerprint density at radius 3 is 3.11 bits per heavy atom. The molecular weight excluding hydrogens is 363 g/mol. The van der Waals surface area contributed by atoms with E-state index in [2.05, 4.69) is 25.9 Å². The lowest BCUT2D eigenvalue weighted by atomic mass is 10.1. The van der Waals surface area contributed by atoms with Gasteiger partial charge in [-0.2, -0.15) is 10.1 Å². The van der Waals surface area contributed by atoms with Gasteiger partial charge in [0.05, 0.1) is 6.04 Å². The second-order valence-corrected chi connectivity index (χ2v) is 6.84. The van der Waals surface area contributed by atoms with Crippen molar-refractivity contribution in [3.63, 3.8) is 0 Å². The van der Waals surface area contributed by atoms with Crippen LogP contribution in [0, 0.1) is 5.82 Å². The average Bonchev–Trinajstić information content (AvgIpc) is 3.39. The summed E-state index contributed by atoms with van der Waals surface area (Å²) in [6.45, 7) is 3.61. The van der Waals surface area contributed by atoms with E-state index >= 15 is 0 Å². The smallest absolute Gasteiger partial charge is 0.272 e. The van der Waals surface area contributed by atoms with Gasteiger partial charge in [-0.25, -0.2) is 4.39 Å². The highest BCUT2D eigenvalue weighted by Crippen LogP contribution is 2.20. The van der Waals surface area contributed by atoms with Crippen LogP contribution in [0.5, 0.6) is 0 Å². The third kappa shape index (κ3) is 3.94. The van der Waals surface area contributed by atoms with Gasteiger partial charge in [-0.15, -0.1) is 0 Å². The summed E-state index contributed by atoms with van der Waals surface area (Å²) in [5.41, 5.74) is 0.843. The van der Waals surface area contributed by atoms with Crippen molar-refractivity contribution in [3.05, 3.63) is 53.9 Å². The maximum Gasteiger partial charge on any atom is 0.272 e. The van der Waals surface area contributed by atoms with E-state index in [4.69, 9.17) is 4.52 Å². The fourth-order valence-corrected chi connectivity index (χ4v) is 3.21. The molecule has 1 aromatic carbocycles. The summed E-state index contributed by atoms with van der Waals surface area (Å²) < 4.78 is 20.4. The molecule has 4 rings (SSSR count). The van der Waals surface area contributed by atoms with Crippen LogP contribution in [-0.4, -0.2) is 38.9 Å². The van der Waals surface area contributed by atoms with Crippen molar-refractivity contribution in [2.45, 2.75) is 31.8 Å². The molecule has 0 aliphatic carbocycles. The van der Waals surface area contributed by atoms with Gasteiger partial charge in [0.25, 0.3) is 5.91 Å². The SMILES string of the molecule is CC(NC(=O)c1ccn(C2CCCNC2)n1)c1nc(-c2cccc(F)c2)no1. The molecule has 1 fully saturated rings. The number of benzene rings is 1. The van der Waals surface area contributed by atoms with Gasteiger partial charge in [0.1, 0.15) is 17.6 Å². The van der Waals surface area contributed by atoms with Crippen LogP contribution in [0.1, 0.15) is 48.2 Å². The molecule has 1 saturated heterocycles. The zero-order chi connectivity index (χ0) is 19.5. The Kier molecular flexibility index (Phi) is 5.16. The number of carbonyl (C=O) groups is 1. The Labute approximate surface area is 161 Å². The lowest BCUT2D eigenvalue weighted by Gasteiger charge is -2.22. The zero-order valence-electron chi connectivity index (χ0n) is 15.4. The molecule has 2 unspecified atom stereocenters. The molecule has 28 heavy (non-hydrogen) atoms. The largest absolute Gasteiger partial charge is 0.339 e. The van der Waals surface area contributed by atoms with E-state index in [0.29, 0.717) is 11.3 Å². The quantitative estimate of drug-likeness (QED) is 0.701. The van der Waals surface area contributed by atoms with Crippen LogP contribution >= 0.6 is 0 Å². The minimum absolute atomic E-state index is 0.239. The van der Waals surface area contributed by atoms with E-state index in [-0.39, 0.29) is 29.5 Å². The van der Waals surface area contributed by atoms with Crippen LogP contribution in [-0.2, 0) is 0 Å². The van der Waals surface area contributed by atoms with Crippen molar-refractivity contribution >= 4 is 5.91 Å². The minimum atomic E-state index is -0.510. The summed E-state index contributed by atoms with van der Waals surface area (Å²) in [6, 6.07) is 7.38. The predicted octanol–water partition coefficient (Wildman–Crippen LogP) is 2.49. The summed E-state index contributed by atoms with van der Waals surface area (Å²) in [5, 5.41) is 14.4. The van der Waals surface area contributed by atoms with Gasteiger partial charge in [0.15, 0.2) is 0 Å². The van der Waals surface area contributed by atoms with Gasteiger partial charge < -0.3 is 15.2 Å². The number of rotatable bonds is 5. The first kappa shape index (κ1) is 18.3. The van der Waals surface area contributed by atoms with Gasteiger partial charge in [-0.05, 0) is 44.5 Å². The maximum absolute atomic E-state index is 13.4. The van der Waals surface area contributed by atoms with E-state index in [1.807, 2.05) is 10.9 Å². The van der Waals surface area contributed by atoms with E-state index in [0.717, 1.165) is 25.9 Å². The first-order valence-electron chi connectivity index (χ1n) is 9.26. The molecule has 1 aliphatic rings. The summed E-state index contributed by atoms with van der Waals surface area (Å²) >= 11 is 0. The van der Waals surface area contributed by atoms with E-state index in [1.54, 1.807) is 25.1 Å². The number of aromatic nitrogens is 4. The molecule has 0 spiro atoms. The van der Waals surface area contributed by atoms with Crippen molar-refractivity contribution in [1.29, 1.82) is 0 Å². The van der Waals surface area contributed by atoms with Crippen LogP contribution in [0.2, 0.25) is 0 Å². The molecule has 3 aromatic rings. The number of carbonyl (C=O) groups excluding carboxylic acids is 1. The number of piperidine rings is 1. The molecular formula is C19H21FN6O2. The van der Waals surface area contributed by atoms with Gasteiger partial charge in [-0.3, -0.25) is 9.48 Å². The molecule has 2 atom stereocenters. The van der Waals surface area contributed by atoms with E-state index in [1.165, 1.54) is 12.1 Å². The second-order valence-electron chi connectivity index (χ2n) is 6.84. The molecule has 2 N–H and O–H groups in total. The molecule has 1 aliphatic heterocycles. The Bertz CT molecular complexity index is 963. The lowest BCUT2D eigenvalue weighted by molar-refractivity contribution is 0.0926. The zero-order valence-corrected chi connectivity index (χ0v) is 15.4. The molecule has 3 heterocycles. The summed E-state index contributed by atoms with van der Waals surface area (Å²) in [4.78, 5) is 16.8. The molecule has 0 bridgehead atoms. The number of hydrogen-bond acceptors (Lipinski definition) is 6. The molecule has 0 radical (unpaired) electrons. The first-order chi connectivity index (χ1) is 13.6. The second kappa shape index (κ2) is 7.89. The lowest BCUT2D eigenvalue weighted by Crippen LogP contribution is -2.32. The van der Waals surface area contributed by atoms with Gasteiger partial charge in [0, 0.05) is 18.3 Å². The van der Waals surface area contributed by atoms with Crippen molar-refractivity contribution in [2.75, 3.05) is 13.1 Å². The Balaban J connectivity index is 1.41. The van der Waals surface area contributed by atoms with Crippen LogP contribution in [0.3, 0.4) is 0 Å². The van der Waals surface area contributed by atoms with Crippen molar-refractivity contribution in [3.8, 4) is 11.4 Å². The molecule has 1 amide bonds. The highest BCUT2D eigenvalue weighted by Gasteiger charge is 2.21. The highest BCUT2D eigenvalue weighted by molar-refractivity contribution is 5.92. The Morgan fingerprint density at radius 2 is 2.32 bits per heavy atom. The number of halogens is 1. The first-order valence-corrected chi connectivity index (χ1v) is 9.26. The van der Waals surface area contributed by atoms with Crippen LogP contribution in [0.15, 0.2) is 41.1 Å². The van der Waals surface area contributed by atoms with Crippen LogP contribution in [0.25, 0.3) is 11.4 Å². The highest BCUT2D eigenvalue weighted by atomic mass is 19.1. The predicted molar refractivity (Wildman–Crippen MR) is 98.9 cm³/mol. The van der Waals surface area contributed by atoms with Crippen LogP contribution in [0.4, 0.5) is 4.39 Å². The van der Waals surface area contributed by atoms with Gasteiger partial charge >= 0.3 is 0 Å². The molecule has 2 aromatic heterocycles. The maximum atomic E-state index is 13.4. The molecule has 0 saturated carbocycles. The summed E-state index contributed by atoms with van der Waals surface area (Å²) in [7, 11) is 0. The summed E-state index contributed by atoms with van der Waals surface area (Å²) in [5.74, 6) is -0.192. The van der Waals surface area contributed by atoms with Gasteiger partial charge in [-0.1, -0.05) is 17.3 Å². The summed E-state index contributed by atoms with van der Waals surface area (Å²) in [6.07, 6.45) is 3.96. The van der Waals surface area contributed by atoms with E-state index in [9.17, 15) is 9.18 Å². The normalized spacial score (nSPS) is 18.0. The number of amides is 1. The van der Waals surface area contributed by atoms with Crippen molar-refractivity contribution < 1.29 is 13.7 Å². The topological polar surface area (TPSA) is 97.9 Å². The molecule has 9 heteroatoms. The third-order valence-electron chi connectivity index (χ3n) is 4.73. The fourth-order valence-electron chi connectivity index (χ4n) is 3.21. The fraction of sp³-hybridized carbons (Fsp3) is 0.368. The monoisotopic (exact) mass is 384 g/mol. The standard InChI is InChI=1S/C19H21FN6O2/c1-12(19-23-17(25-28-19)13-4-2-5-14(20)10-13)22-18(27)16-7-9-26(24-16)15-6-3-8-21-11-15/h2,4-5,7,9-10,12,15,21H,3,6,8,11H2,1H3,(H,22,27). The van der Waals surface area contributed by atoms with E-state index < -0.39 is 6.04 Å². The Morgan fingerprint density at radius 1 is 1.43 bits per heavy atom. The number of nitrogens with one attached hydrogen (secondary N) is 2. The van der Waals surface area contributed by atoms with Crippen molar-refractivity contribution in [1.82, 2.24) is 30.6 Å². The Hall–Kier alpha value is -3.07. The molecule has 8 nitrogen and oxygen atoms in total. The third-order valence-corrected chi connectivity index (χ3v) is 4.73. The van der Waals surface area contributed by atoms with Crippen LogP contribution < -0.4 is 10.6 Å². The van der Waals surface area contributed by atoms with Gasteiger partial charge in [0.2, 0.25) is 11.7 Å². The minimum Gasteiger partial charge on any atom is -0.339 e. The van der Waals surface area contributed by atoms with Crippen molar-refractivity contribution in [2.24, 2.45) is 0 Å². The number of hydrogen-bond donors (Lipinski definition) is 2.